The number of carbonyl (C=O) groups excluding carboxylic acids is 2. The second-order valence-corrected chi connectivity index (χ2v) is 6.12. The van der Waals surface area contributed by atoms with Gasteiger partial charge < -0.3 is 19.9 Å². The number of amides is 2. The largest absolute Gasteiger partial charge is 0.356 e. The van der Waals surface area contributed by atoms with Crippen molar-refractivity contribution in [2.45, 2.75) is 32.2 Å². The Bertz CT molecular complexity index is 777. The molecule has 2 amide bonds. The number of morpholine rings is 1. The van der Waals surface area contributed by atoms with Crippen molar-refractivity contribution in [2.75, 3.05) is 6.61 Å². The van der Waals surface area contributed by atoms with Crippen LogP contribution in [0.2, 0.25) is 5.02 Å². The Morgan fingerprint density at radius 1 is 1.48 bits per heavy atom. The molecule has 1 saturated heterocycles. The molecule has 0 aliphatic carbocycles. The second-order valence-electron chi connectivity index (χ2n) is 5.71. The van der Waals surface area contributed by atoms with Crippen LogP contribution in [0.1, 0.15) is 24.2 Å². The Morgan fingerprint density at radius 2 is 2.28 bits per heavy atom. The molecule has 2 atom stereocenters. The molecular formula is C17H19ClN4O3. The highest BCUT2D eigenvalue weighted by Crippen LogP contribution is 2.28. The third-order valence-electron chi connectivity index (χ3n) is 4.01. The maximum atomic E-state index is 12.6. The summed E-state index contributed by atoms with van der Waals surface area (Å²) < 4.78 is 7.40. The maximum Gasteiger partial charge on any atom is 0.251 e. The van der Waals surface area contributed by atoms with Crippen LogP contribution in [0.5, 0.6) is 0 Å². The fourth-order valence-electron chi connectivity index (χ4n) is 2.70. The number of aryl methyl sites for hydroxylation is 1. The second kappa shape index (κ2) is 7.67. The van der Waals surface area contributed by atoms with Gasteiger partial charge in [-0.05, 0) is 18.6 Å². The van der Waals surface area contributed by atoms with Gasteiger partial charge in [0.2, 0.25) is 5.91 Å². The van der Waals surface area contributed by atoms with Gasteiger partial charge in [-0.1, -0.05) is 29.8 Å². The summed E-state index contributed by atoms with van der Waals surface area (Å²) in [4.78, 5) is 28.5. The third-order valence-corrected chi connectivity index (χ3v) is 4.35. The number of halogens is 1. The summed E-state index contributed by atoms with van der Waals surface area (Å²) >= 11 is 6.22. The summed E-state index contributed by atoms with van der Waals surface area (Å²) in [7, 11) is 0. The van der Waals surface area contributed by atoms with Crippen molar-refractivity contribution in [3.05, 3.63) is 53.1 Å². The maximum absolute atomic E-state index is 12.6. The topological polar surface area (TPSA) is 85.2 Å². The van der Waals surface area contributed by atoms with Gasteiger partial charge in [-0.2, -0.15) is 0 Å². The van der Waals surface area contributed by atoms with Gasteiger partial charge in [-0.3, -0.25) is 9.59 Å². The minimum absolute atomic E-state index is 0.163. The van der Waals surface area contributed by atoms with Crippen molar-refractivity contribution < 1.29 is 14.3 Å². The summed E-state index contributed by atoms with van der Waals surface area (Å²) in [5, 5.41) is 6.06. The van der Waals surface area contributed by atoms with E-state index in [9.17, 15) is 9.59 Å². The Kier molecular flexibility index (Phi) is 5.35. The number of aromatic nitrogens is 2. The number of carbonyl (C=O) groups is 2. The fraction of sp³-hybridized carbons (Fsp3) is 0.353. The van der Waals surface area contributed by atoms with Gasteiger partial charge in [0.1, 0.15) is 6.61 Å². The number of nitrogens with zero attached hydrogens (tertiary/aromatic N) is 2. The van der Waals surface area contributed by atoms with Gasteiger partial charge in [0.05, 0.1) is 24.6 Å². The lowest BCUT2D eigenvalue weighted by Crippen LogP contribution is -2.52. The average Bonchev–Trinajstić information content (AvgIpc) is 3.08. The first-order valence-electron chi connectivity index (χ1n) is 8.02. The molecule has 1 aliphatic heterocycles. The van der Waals surface area contributed by atoms with E-state index in [1.807, 2.05) is 17.7 Å². The van der Waals surface area contributed by atoms with Crippen LogP contribution in [0, 0.1) is 0 Å². The Labute approximate surface area is 150 Å². The average molecular weight is 363 g/mol. The van der Waals surface area contributed by atoms with E-state index >= 15 is 0 Å². The van der Waals surface area contributed by atoms with E-state index in [-0.39, 0.29) is 25.0 Å². The van der Waals surface area contributed by atoms with E-state index in [1.54, 1.807) is 30.6 Å². The molecule has 1 aliphatic rings. The lowest BCUT2D eigenvalue weighted by atomic mass is 9.99. The predicted molar refractivity (Wildman–Crippen MR) is 91.8 cm³/mol. The molecule has 2 N–H and O–H groups in total. The first kappa shape index (κ1) is 17.4. The Hall–Kier alpha value is -2.38. The number of ether oxygens (including phenoxy) is 1. The number of benzene rings is 1. The molecule has 7 nitrogen and oxygen atoms in total. The molecule has 3 rings (SSSR count). The molecule has 0 radical (unpaired) electrons. The molecule has 2 heterocycles. The number of nitrogens with one attached hydrogen (secondary N) is 2. The minimum Gasteiger partial charge on any atom is -0.356 e. The minimum atomic E-state index is -0.856. The number of hydrogen-bond acceptors (Lipinski definition) is 4. The first-order chi connectivity index (χ1) is 12.1. The van der Waals surface area contributed by atoms with E-state index in [0.717, 1.165) is 12.2 Å². The lowest BCUT2D eigenvalue weighted by Gasteiger charge is -2.32. The molecule has 0 spiro atoms. The fourth-order valence-corrected chi connectivity index (χ4v) is 2.95. The van der Waals surface area contributed by atoms with Crippen molar-refractivity contribution in [3.63, 3.8) is 0 Å². The van der Waals surface area contributed by atoms with Crippen LogP contribution in [0.3, 0.4) is 0 Å². The van der Waals surface area contributed by atoms with Gasteiger partial charge in [-0.15, -0.1) is 0 Å². The molecule has 0 unspecified atom stereocenters. The van der Waals surface area contributed by atoms with Crippen LogP contribution in [-0.2, 0) is 27.4 Å². The third kappa shape index (κ3) is 4.00. The van der Waals surface area contributed by atoms with Gasteiger partial charge in [0.25, 0.3) is 5.91 Å². The highest BCUT2D eigenvalue weighted by Gasteiger charge is 2.36. The number of hydrogen-bond donors (Lipinski definition) is 2. The summed E-state index contributed by atoms with van der Waals surface area (Å²) in [6.07, 6.45) is 2.73. The zero-order valence-corrected chi connectivity index (χ0v) is 14.5. The highest BCUT2D eigenvalue weighted by molar-refractivity contribution is 6.31. The normalized spacial score (nSPS) is 20.2. The van der Waals surface area contributed by atoms with E-state index in [1.165, 1.54) is 0 Å². The summed E-state index contributed by atoms with van der Waals surface area (Å²) in [5.74, 6) is -0.605. The van der Waals surface area contributed by atoms with Crippen LogP contribution in [0.4, 0.5) is 0 Å². The zero-order valence-electron chi connectivity index (χ0n) is 13.7. The zero-order chi connectivity index (χ0) is 17.8. The Balaban J connectivity index is 1.72. The van der Waals surface area contributed by atoms with Crippen molar-refractivity contribution in [1.29, 1.82) is 0 Å². The van der Waals surface area contributed by atoms with Crippen molar-refractivity contribution in [1.82, 2.24) is 20.2 Å². The molecule has 0 saturated carbocycles. The molecule has 1 fully saturated rings. The SMILES string of the molecule is CCn1cnc(CNC(=O)[C@H]2OCC(=O)N[C@@H]2c2ccccc2Cl)c1. The van der Waals surface area contributed by atoms with Crippen LogP contribution >= 0.6 is 11.6 Å². The molecule has 1 aromatic heterocycles. The number of rotatable bonds is 5. The number of imidazole rings is 1. The monoisotopic (exact) mass is 362 g/mol. The van der Waals surface area contributed by atoms with Gasteiger partial charge in [0.15, 0.2) is 6.10 Å². The van der Waals surface area contributed by atoms with Crippen LogP contribution in [0.15, 0.2) is 36.8 Å². The van der Waals surface area contributed by atoms with Crippen molar-refractivity contribution >= 4 is 23.4 Å². The van der Waals surface area contributed by atoms with Crippen LogP contribution in [-0.4, -0.2) is 34.1 Å². The molecule has 25 heavy (non-hydrogen) atoms. The molecular weight excluding hydrogens is 344 g/mol. The van der Waals surface area contributed by atoms with E-state index < -0.39 is 12.1 Å². The molecule has 132 valence electrons. The molecule has 2 aromatic rings. The molecule has 0 bridgehead atoms. The van der Waals surface area contributed by atoms with E-state index in [0.29, 0.717) is 10.6 Å². The van der Waals surface area contributed by atoms with Gasteiger partial charge in [-0.25, -0.2) is 4.98 Å². The highest BCUT2D eigenvalue weighted by atomic mass is 35.5. The smallest absolute Gasteiger partial charge is 0.251 e. The predicted octanol–water partition coefficient (Wildman–Crippen LogP) is 1.43. The van der Waals surface area contributed by atoms with Crippen molar-refractivity contribution in [3.8, 4) is 0 Å². The standard InChI is InChI=1S/C17H19ClN4O3/c1-2-22-8-11(20-10-22)7-19-17(24)16-15(21-14(23)9-25-16)12-5-3-4-6-13(12)18/h3-6,8,10,15-16H,2,7,9H2,1H3,(H,19,24)(H,21,23)/t15-,16+/m1/s1. The summed E-state index contributed by atoms with van der Waals surface area (Å²) in [6, 6.07) is 6.43. The quantitative estimate of drug-likeness (QED) is 0.842. The van der Waals surface area contributed by atoms with Crippen molar-refractivity contribution in [2.24, 2.45) is 0 Å². The summed E-state index contributed by atoms with van der Waals surface area (Å²) in [5.41, 5.74) is 1.40. The van der Waals surface area contributed by atoms with Gasteiger partial charge >= 0.3 is 0 Å². The first-order valence-corrected chi connectivity index (χ1v) is 8.40. The van der Waals surface area contributed by atoms with Crippen LogP contribution in [0.25, 0.3) is 0 Å². The molecule has 1 aromatic carbocycles. The Morgan fingerprint density at radius 3 is 3.00 bits per heavy atom. The van der Waals surface area contributed by atoms with E-state index in [4.69, 9.17) is 16.3 Å². The van der Waals surface area contributed by atoms with Crippen LogP contribution < -0.4 is 10.6 Å². The van der Waals surface area contributed by atoms with Gasteiger partial charge in [0, 0.05) is 17.8 Å². The lowest BCUT2D eigenvalue weighted by molar-refractivity contribution is -0.148. The van der Waals surface area contributed by atoms with E-state index in [2.05, 4.69) is 15.6 Å². The molecule has 8 heteroatoms. The summed E-state index contributed by atoms with van der Waals surface area (Å²) in [6.45, 7) is 2.95.